The van der Waals surface area contributed by atoms with Crippen molar-refractivity contribution in [1.82, 2.24) is 4.98 Å². The first-order valence-electron chi connectivity index (χ1n) is 3.87. The molecule has 2 heteroatoms. The van der Waals surface area contributed by atoms with Gasteiger partial charge in [-0.2, -0.15) is 0 Å². The number of nitrogens with two attached hydrogens (primary N) is 1. The van der Waals surface area contributed by atoms with Crippen LogP contribution >= 0.6 is 0 Å². The highest BCUT2D eigenvalue weighted by Gasteiger charge is 2.18. The smallest absolute Gasteiger partial charge is 0.0599 e. The molecule has 1 aromatic rings. The van der Waals surface area contributed by atoms with Gasteiger partial charge in [-0.3, -0.25) is 4.98 Å². The molecule has 0 aliphatic heterocycles. The first kappa shape index (κ1) is 8.21. The van der Waals surface area contributed by atoms with Crippen LogP contribution in [0.1, 0.15) is 26.0 Å². The molecule has 0 aromatic carbocycles. The largest absolute Gasteiger partial charge is 0.320 e. The maximum atomic E-state index is 5.97. The maximum absolute atomic E-state index is 5.97. The Kier molecular flexibility index (Phi) is 2.25. The van der Waals surface area contributed by atoms with Crippen LogP contribution < -0.4 is 5.73 Å². The Morgan fingerprint density at radius 3 is 2.73 bits per heavy atom. The van der Waals surface area contributed by atoms with E-state index in [0.717, 1.165) is 12.1 Å². The van der Waals surface area contributed by atoms with Gasteiger partial charge in [0.15, 0.2) is 0 Å². The van der Waals surface area contributed by atoms with Crippen LogP contribution in [0, 0.1) is 0 Å². The van der Waals surface area contributed by atoms with Crippen molar-refractivity contribution in [1.29, 1.82) is 0 Å². The monoisotopic (exact) mass is 150 g/mol. The summed E-state index contributed by atoms with van der Waals surface area (Å²) in [6.45, 7) is 4.06. The summed E-state index contributed by atoms with van der Waals surface area (Å²) < 4.78 is 0. The van der Waals surface area contributed by atoms with Gasteiger partial charge < -0.3 is 5.73 Å². The third-order valence-corrected chi connectivity index (χ3v) is 1.98. The van der Waals surface area contributed by atoms with Crippen LogP contribution in [0.3, 0.4) is 0 Å². The lowest BCUT2D eigenvalue weighted by molar-refractivity contribution is 0.462. The van der Waals surface area contributed by atoms with Crippen LogP contribution in [0.25, 0.3) is 0 Å². The predicted molar refractivity (Wildman–Crippen MR) is 46.1 cm³/mol. The first-order chi connectivity index (χ1) is 5.17. The van der Waals surface area contributed by atoms with Crippen molar-refractivity contribution in [3.8, 4) is 0 Å². The van der Waals surface area contributed by atoms with Gasteiger partial charge in [0.05, 0.1) is 11.2 Å². The topological polar surface area (TPSA) is 38.9 Å². The zero-order valence-electron chi connectivity index (χ0n) is 7.04. The van der Waals surface area contributed by atoms with E-state index in [1.165, 1.54) is 0 Å². The highest BCUT2D eigenvalue weighted by Crippen LogP contribution is 2.17. The molecule has 0 spiro atoms. The molecule has 0 amide bonds. The van der Waals surface area contributed by atoms with Gasteiger partial charge in [-0.25, -0.2) is 0 Å². The van der Waals surface area contributed by atoms with Crippen molar-refractivity contribution in [3.05, 3.63) is 30.1 Å². The first-order valence-corrected chi connectivity index (χ1v) is 3.87. The third-order valence-electron chi connectivity index (χ3n) is 1.98. The summed E-state index contributed by atoms with van der Waals surface area (Å²) in [5.74, 6) is 0. The van der Waals surface area contributed by atoms with Gasteiger partial charge in [-0.05, 0) is 25.5 Å². The van der Waals surface area contributed by atoms with Crippen molar-refractivity contribution in [2.75, 3.05) is 0 Å². The van der Waals surface area contributed by atoms with Crippen LogP contribution in [-0.4, -0.2) is 4.98 Å². The van der Waals surface area contributed by atoms with E-state index in [1.54, 1.807) is 6.20 Å². The lowest BCUT2D eigenvalue weighted by atomic mass is 9.96. The Bertz CT molecular complexity index is 216. The van der Waals surface area contributed by atoms with Crippen LogP contribution in [0.4, 0.5) is 0 Å². The average molecular weight is 150 g/mol. The minimum atomic E-state index is -0.277. The molecule has 1 atom stereocenters. The number of nitrogens with zero attached hydrogens (tertiary/aromatic N) is 1. The second kappa shape index (κ2) is 3.01. The highest BCUT2D eigenvalue weighted by molar-refractivity contribution is 5.12. The summed E-state index contributed by atoms with van der Waals surface area (Å²) in [6, 6.07) is 5.82. The summed E-state index contributed by atoms with van der Waals surface area (Å²) in [5.41, 5.74) is 6.66. The Morgan fingerprint density at radius 2 is 2.27 bits per heavy atom. The molecule has 1 heterocycles. The predicted octanol–water partition coefficient (Wildman–Crippen LogP) is 1.67. The highest BCUT2D eigenvalue weighted by atomic mass is 14.8. The lowest BCUT2D eigenvalue weighted by Crippen LogP contribution is -2.32. The third kappa shape index (κ3) is 1.77. The number of rotatable bonds is 2. The lowest BCUT2D eigenvalue weighted by Gasteiger charge is -2.21. The van der Waals surface area contributed by atoms with Crippen LogP contribution in [0.5, 0.6) is 0 Å². The van der Waals surface area contributed by atoms with E-state index >= 15 is 0 Å². The van der Waals surface area contributed by atoms with Gasteiger partial charge >= 0.3 is 0 Å². The molecule has 2 N–H and O–H groups in total. The molecule has 1 rings (SSSR count). The molecule has 0 radical (unpaired) electrons. The molecule has 11 heavy (non-hydrogen) atoms. The quantitative estimate of drug-likeness (QED) is 0.696. The van der Waals surface area contributed by atoms with Crippen LogP contribution in [0.15, 0.2) is 24.4 Å². The molecule has 0 fully saturated rings. The molecule has 0 aliphatic rings. The number of hydrogen-bond donors (Lipinski definition) is 1. The summed E-state index contributed by atoms with van der Waals surface area (Å²) in [5, 5.41) is 0. The van der Waals surface area contributed by atoms with Crippen molar-refractivity contribution in [2.24, 2.45) is 5.73 Å². The Morgan fingerprint density at radius 1 is 1.55 bits per heavy atom. The molecular formula is C9H14N2. The van der Waals surface area contributed by atoms with Crippen LogP contribution in [-0.2, 0) is 5.54 Å². The van der Waals surface area contributed by atoms with Gasteiger partial charge in [0, 0.05) is 6.20 Å². The summed E-state index contributed by atoms with van der Waals surface area (Å²) in [4.78, 5) is 4.20. The average Bonchev–Trinajstić information content (AvgIpc) is 2.06. The normalized spacial score (nSPS) is 15.9. The summed E-state index contributed by atoms with van der Waals surface area (Å²) in [7, 11) is 0. The van der Waals surface area contributed by atoms with Crippen molar-refractivity contribution < 1.29 is 0 Å². The van der Waals surface area contributed by atoms with Crippen molar-refractivity contribution >= 4 is 0 Å². The molecule has 1 aromatic heterocycles. The molecule has 0 saturated heterocycles. The van der Waals surface area contributed by atoms with E-state index in [9.17, 15) is 0 Å². The summed E-state index contributed by atoms with van der Waals surface area (Å²) in [6.07, 6.45) is 2.68. The van der Waals surface area contributed by atoms with E-state index in [1.807, 2.05) is 25.1 Å². The molecule has 0 saturated carbocycles. The second-order valence-electron chi connectivity index (χ2n) is 2.99. The molecule has 0 aliphatic carbocycles. The molecule has 60 valence electrons. The van der Waals surface area contributed by atoms with E-state index in [2.05, 4.69) is 11.9 Å². The molecule has 0 bridgehead atoms. The second-order valence-corrected chi connectivity index (χ2v) is 2.99. The summed E-state index contributed by atoms with van der Waals surface area (Å²) >= 11 is 0. The van der Waals surface area contributed by atoms with E-state index in [4.69, 9.17) is 5.73 Å². The van der Waals surface area contributed by atoms with E-state index in [0.29, 0.717) is 0 Å². The van der Waals surface area contributed by atoms with Gasteiger partial charge in [0.1, 0.15) is 0 Å². The maximum Gasteiger partial charge on any atom is 0.0599 e. The Hall–Kier alpha value is -0.890. The number of pyridine rings is 1. The standard InChI is InChI=1S/C9H14N2/c1-3-9(2,10)8-6-4-5-7-11-8/h4-7H,3,10H2,1-2H3/t9-/m0/s1. The van der Waals surface area contributed by atoms with E-state index in [-0.39, 0.29) is 5.54 Å². The molecule has 0 unspecified atom stereocenters. The molecular weight excluding hydrogens is 136 g/mol. The fourth-order valence-corrected chi connectivity index (χ4v) is 0.882. The fraction of sp³-hybridized carbons (Fsp3) is 0.444. The van der Waals surface area contributed by atoms with Crippen molar-refractivity contribution in [3.63, 3.8) is 0 Å². The number of aromatic nitrogens is 1. The fourth-order valence-electron chi connectivity index (χ4n) is 0.882. The van der Waals surface area contributed by atoms with E-state index < -0.39 is 0 Å². The van der Waals surface area contributed by atoms with Gasteiger partial charge in [-0.1, -0.05) is 13.0 Å². The van der Waals surface area contributed by atoms with Gasteiger partial charge in [0.2, 0.25) is 0 Å². The zero-order valence-corrected chi connectivity index (χ0v) is 7.04. The Balaban J connectivity index is 2.93. The van der Waals surface area contributed by atoms with Gasteiger partial charge in [-0.15, -0.1) is 0 Å². The van der Waals surface area contributed by atoms with Crippen LogP contribution in [0.2, 0.25) is 0 Å². The number of hydrogen-bond acceptors (Lipinski definition) is 2. The van der Waals surface area contributed by atoms with Crippen molar-refractivity contribution in [2.45, 2.75) is 25.8 Å². The Labute approximate surface area is 67.5 Å². The molecule has 2 nitrogen and oxygen atoms in total. The minimum absolute atomic E-state index is 0.277. The van der Waals surface area contributed by atoms with Gasteiger partial charge in [0.25, 0.3) is 0 Å². The minimum Gasteiger partial charge on any atom is -0.320 e. The SMILES string of the molecule is CC[C@](C)(N)c1ccccn1. The zero-order chi connectivity index (χ0) is 8.32.